The van der Waals surface area contributed by atoms with Crippen molar-refractivity contribution in [2.45, 2.75) is 6.43 Å². The van der Waals surface area contributed by atoms with E-state index in [4.69, 9.17) is 5.26 Å². The fraction of sp³-hybridized carbons (Fsp3) is 0.333. The molecule has 24 heavy (non-hydrogen) atoms. The average molecular weight is 332 g/mol. The molecule has 3 heterocycles. The SMILES string of the molecule is N#Cc1cccnc1N1CCN(c2nc(C(F)F)cc(=O)[nH]2)CC1. The van der Waals surface area contributed by atoms with Crippen LogP contribution in [-0.2, 0) is 0 Å². The van der Waals surface area contributed by atoms with Gasteiger partial charge in [0.2, 0.25) is 5.95 Å². The van der Waals surface area contributed by atoms with Crippen LogP contribution in [0.15, 0.2) is 29.2 Å². The minimum Gasteiger partial charge on any atom is -0.352 e. The first-order valence-corrected chi connectivity index (χ1v) is 7.33. The number of halogens is 2. The maximum atomic E-state index is 12.8. The number of rotatable bonds is 3. The number of H-pyrrole nitrogens is 1. The van der Waals surface area contributed by atoms with Crippen LogP contribution in [0.3, 0.4) is 0 Å². The lowest BCUT2D eigenvalue weighted by atomic mass is 10.2. The minimum atomic E-state index is -2.79. The molecule has 1 aliphatic rings. The molecule has 1 aliphatic heterocycles. The summed E-state index contributed by atoms with van der Waals surface area (Å²) in [5.41, 5.74) is -0.654. The Kier molecular flexibility index (Phi) is 4.37. The van der Waals surface area contributed by atoms with Crippen LogP contribution in [0.4, 0.5) is 20.5 Å². The van der Waals surface area contributed by atoms with Crippen LogP contribution in [0.25, 0.3) is 0 Å². The standard InChI is InChI=1S/C15H14F2N6O/c16-13(17)11-8-12(24)21-15(20-11)23-6-4-22(5-7-23)14-10(9-18)2-1-3-19-14/h1-3,8,13H,4-7H2,(H,20,21,24). The highest BCUT2D eigenvalue weighted by molar-refractivity contribution is 5.54. The van der Waals surface area contributed by atoms with Gasteiger partial charge in [-0.3, -0.25) is 9.78 Å². The molecule has 1 N–H and O–H groups in total. The van der Waals surface area contributed by atoms with Crippen molar-refractivity contribution in [2.75, 3.05) is 36.0 Å². The molecular weight excluding hydrogens is 318 g/mol. The highest BCUT2D eigenvalue weighted by Gasteiger charge is 2.22. The van der Waals surface area contributed by atoms with E-state index < -0.39 is 17.7 Å². The van der Waals surface area contributed by atoms with Gasteiger partial charge in [-0.2, -0.15) is 5.26 Å². The third kappa shape index (κ3) is 3.17. The molecule has 0 bridgehead atoms. The molecule has 0 spiro atoms. The lowest BCUT2D eigenvalue weighted by Crippen LogP contribution is -2.48. The van der Waals surface area contributed by atoms with E-state index in [0.29, 0.717) is 37.6 Å². The van der Waals surface area contributed by atoms with Gasteiger partial charge in [-0.15, -0.1) is 0 Å². The second-order valence-corrected chi connectivity index (χ2v) is 5.26. The summed E-state index contributed by atoms with van der Waals surface area (Å²) in [4.78, 5) is 25.7. The number of aromatic nitrogens is 3. The molecule has 9 heteroatoms. The summed E-state index contributed by atoms with van der Waals surface area (Å²) in [6.45, 7) is 2.01. The predicted octanol–water partition coefficient (Wildman–Crippen LogP) is 1.30. The van der Waals surface area contributed by atoms with Crippen LogP contribution in [0.1, 0.15) is 17.7 Å². The average Bonchev–Trinajstić information content (AvgIpc) is 2.61. The Morgan fingerprint density at radius 2 is 1.96 bits per heavy atom. The second-order valence-electron chi connectivity index (χ2n) is 5.26. The van der Waals surface area contributed by atoms with Crippen LogP contribution in [-0.4, -0.2) is 41.1 Å². The van der Waals surface area contributed by atoms with E-state index in [0.717, 1.165) is 6.07 Å². The molecule has 0 amide bonds. The molecule has 0 saturated carbocycles. The zero-order chi connectivity index (χ0) is 17.1. The van der Waals surface area contributed by atoms with E-state index in [1.165, 1.54) is 0 Å². The molecule has 0 radical (unpaired) electrons. The summed E-state index contributed by atoms with van der Waals surface area (Å²) in [7, 11) is 0. The summed E-state index contributed by atoms with van der Waals surface area (Å²) < 4.78 is 25.6. The Hall–Kier alpha value is -3.02. The highest BCUT2D eigenvalue weighted by Crippen LogP contribution is 2.21. The fourth-order valence-electron chi connectivity index (χ4n) is 2.59. The molecular formula is C15H14F2N6O. The van der Waals surface area contributed by atoms with E-state index in [9.17, 15) is 13.6 Å². The number of nitriles is 1. The summed E-state index contributed by atoms with van der Waals surface area (Å²) in [6.07, 6.45) is -1.17. The molecule has 2 aromatic rings. The molecule has 1 fully saturated rings. The van der Waals surface area contributed by atoms with Crippen molar-refractivity contribution in [1.82, 2.24) is 15.0 Å². The van der Waals surface area contributed by atoms with Gasteiger partial charge in [-0.05, 0) is 12.1 Å². The quantitative estimate of drug-likeness (QED) is 0.911. The second kappa shape index (κ2) is 6.62. The van der Waals surface area contributed by atoms with Crippen LogP contribution < -0.4 is 15.4 Å². The third-order valence-electron chi connectivity index (χ3n) is 3.76. The van der Waals surface area contributed by atoms with Crippen molar-refractivity contribution in [1.29, 1.82) is 5.26 Å². The van der Waals surface area contributed by atoms with Crippen LogP contribution >= 0.6 is 0 Å². The normalized spacial score (nSPS) is 14.8. The number of aromatic amines is 1. The lowest BCUT2D eigenvalue weighted by Gasteiger charge is -2.35. The molecule has 3 rings (SSSR count). The minimum absolute atomic E-state index is 0.138. The van der Waals surface area contributed by atoms with E-state index in [1.807, 2.05) is 4.90 Å². The molecule has 124 valence electrons. The van der Waals surface area contributed by atoms with Gasteiger partial charge in [0, 0.05) is 38.4 Å². The molecule has 0 atom stereocenters. The zero-order valence-corrected chi connectivity index (χ0v) is 12.6. The van der Waals surface area contributed by atoms with E-state index in [1.54, 1.807) is 23.2 Å². The van der Waals surface area contributed by atoms with Gasteiger partial charge in [-0.1, -0.05) is 0 Å². The topological polar surface area (TPSA) is 88.9 Å². The molecule has 2 aromatic heterocycles. The zero-order valence-electron chi connectivity index (χ0n) is 12.6. The summed E-state index contributed by atoms with van der Waals surface area (Å²) in [5, 5.41) is 9.14. The number of anilines is 2. The van der Waals surface area contributed by atoms with Crippen molar-refractivity contribution < 1.29 is 8.78 Å². The van der Waals surface area contributed by atoms with E-state index >= 15 is 0 Å². The third-order valence-corrected chi connectivity index (χ3v) is 3.76. The number of nitrogens with one attached hydrogen (secondary N) is 1. The lowest BCUT2D eigenvalue weighted by molar-refractivity contribution is 0.146. The van der Waals surface area contributed by atoms with Crippen molar-refractivity contribution in [3.8, 4) is 6.07 Å². The summed E-state index contributed by atoms with van der Waals surface area (Å²) >= 11 is 0. The molecule has 0 unspecified atom stereocenters. The van der Waals surface area contributed by atoms with Crippen LogP contribution in [0.2, 0.25) is 0 Å². The van der Waals surface area contributed by atoms with E-state index in [2.05, 4.69) is 21.0 Å². The number of pyridine rings is 1. The van der Waals surface area contributed by atoms with Gasteiger partial charge >= 0.3 is 0 Å². The Balaban J connectivity index is 1.76. The maximum absolute atomic E-state index is 12.8. The summed E-state index contributed by atoms with van der Waals surface area (Å²) in [5.74, 6) is 0.737. The first-order chi connectivity index (χ1) is 11.6. The van der Waals surface area contributed by atoms with Gasteiger partial charge in [-0.25, -0.2) is 18.7 Å². The van der Waals surface area contributed by atoms with E-state index in [-0.39, 0.29) is 5.95 Å². The van der Waals surface area contributed by atoms with Gasteiger partial charge in [0.25, 0.3) is 12.0 Å². The number of hydrogen-bond donors (Lipinski definition) is 1. The number of alkyl halides is 2. The number of hydrogen-bond acceptors (Lipinski definition) is 6. The van der Waals surface area contributed by atoms with Crippen molar-refractivity contribution in [2.24, 2.45) is 0 Å². The van der Waals surface area contributed by atoms with Gasteiger partial charge < -0.3 is 9.80 Å². The van der Waals surface area contributed by atoms with Crippen molar-refractivity contribution in [3.63, 3.8) is 0 Å². The predicted molar refractivity (Wildman–Crippen MR) is 83.2 cm³/mol. The Morgan fingerprint density at radius 3 is 2.62 bits per heavy atom. The monoisotopic (exact) mass is 332 g/mol. The summed E-state index contributed by atoms with van der Waals surface area (Å²) in [6, 6.07) is 6.30. The van der Waals surface area contributed by atoms with Crippen molar-refractivity contribution in [3.05, 3.63) is 46.0 Å². The molecule has 0 aliphatic carbocycles. The number of piperazine rings is 1. The molecule has 1 saturated heterocycles. The van der Waals surface area contributed by atoms with Crippen molar-refractivity contribution >= 4 is 11.8 Å². The first kappa shape index (κ1) is 15.9. The smallest absolute Gasteiger partial charge is 0.280 e. The van der Waals surface area contributed by atoms with Crippen LogP contribution in [0, 0.1) is 11.3 Å². The Morgan fingerprint density at radius 1 is 1.25 bits per heavy atom. The maximum Gasteiger partial charge on any atom is 0.280 e. The Bertz CT molecular complexity index is 823. The van der Waals surface area contributed by atoms with Gasteiger partial charge in [0.15, 0.2) is 0 Å². The largest absolute Gasteiger partial charge is 0.352 e. The molecule has 0 aromatic carbocycles. The van der Waals surface area contributed by atoms with Gasteiger partial charge in [0.05, 0.1) is 5.56 Å². The van der Waals surface area contributed by atoms with Gasteiger partial charge in [0.1, 0.15) is 17.6 Å². The van der Waals surface area contributed by atoms with Crippen LogP contribution in [0.5, 0.6) is 0 Å². The number of nitrogens with zero attached hydrogens (tertiary/aromatic N) is 5. The Labute approximate surface area is 136 Å². The first-order valence-electron chi connectivity index (χ1n) is 7.33. The highest BCUT2D eigenvalue weighted by atomic mass is 19.3. The molecule has 7 nitrogen and oxygen atoms in total. The fourth-order valence-corrected chi connectivity index (χ4v) is 2.59.